The molecule has 10 nitrogen and oxygen atoms in total. The van der Waals surface area contributed by atoms with Crippen molar-refractivity contribution in [2.24, 2.45) is 17.8 Å². The number of rotatable bonds is 6. The third-order valence-electron chi connectivity index (χ3n) is 7.06. The fourth-order valence-electron chi connectivity index (χ4n) is 5.55. The molecule has 11 heteroatoms. The van der Waals surface area contributed by atoms with Crippen LogP contribution in [-0.2, 0) is 9.53 Å². The number of esters is 1. The van der Waals surface area contributed by atoms with E-state index in [4.69, 9.17) is 30.7 Å². The van der Waals surface area contributed by atoms with E-state index in [9.17, 15) is 4.79 Å². The van der Waals surface area contributed by atoms with Crippen molar-refractivity contribution in [2.75, 3.05) is 11.9 Å². The Morgan fingerprint density at radius 1 is 1.20 bits per heavy atom. The van der Waals surface area contributed by atoms with Crippen molar-refractivity contribution in [3.05, 3.63) is 36.1 Å². The van der Waals surface area contributed by atoms with E-state index >= 15 is 0 Å². The van der Waals surface area contributed by atoms with E-state index in [0.717, 1.165) is 25.7 Å². The fourth-order valence-corrected chi connectivity index (χ4v) is 5.68. The predicted octanol–water partition coefficient (Wildman–Crippen LogP) is 4.50. The highest BCUT2D eigenvalue weighted by atomic mass is 35.5. The van der Waals surface area contributed by atoms with Gasteiger partial charge in [-0.25, -0.2) is 24.9 Å². The maximum absolute atomic E-state index is 12.9. The van der Waals surface area contributed by atoms with E-state index < -0.39 is 0 Å². The molecular formula is C24H24ClN7O3. The van der Waals surface area contributed by atoms with Gasteiger partial charge in [0.2, 0.25) is 5.89 Å². The summed E-state index contributed by atoms with van der Waals surface area (Å²) < 4.78 is 11.0. The molecule has 0 amide bonds. The summed E-state index contributed by atoms with van der Waals surface area (Å²) >= 11 is 6.11. The van der Waals surface area contributed by atoms with Crippen molar-refractivity contribution in [3.8, 4) is 23.0 Å². The molecule has 35 heavy (non-hydrogen) atoms. The van der Waals surface area contributed by atoms with Gasteiger partial charge >= 0.3 is 5.97 Å². The molecule has 0 aliphatic heterocycles. The van der Waals surface area contributed by atoms with E-state index in [1.165, 1.54) is 12.5 Å². The van der Waals surface area contributed by atoms with Crippen molar-refractivity contribution in [2.45, 2.75) is 38.6 Å². The van der Waals surface area contributed by atoms with E-state index in [2.05, 4.69) is 25.3 Å². The van der Waals surface area contributed by atoms with Gasteiger partial charge in [0.25, 0.3) is 0 Å². The first-order valence-corrected chi connectivity index (χ1v) is 12.2. The van der Waals surface area contributed by atoms with Crippen LogP contribution >= 0.6 is 11.6 Å². The van der Waals surface area contributed by atoms with E-state index in [0.29, 0.717) is 58.4 Å². The Hall–Kier alpha value is -3.53. The largest absolute Gasteiger partial charge is 0.466 e. The average Bonchev–Trinajstić information content (AvgIpc) is 3.55. The van der Waals surface area contributed by atoms with Crippen molar-refractivity contribution >= 4 is 34.6 Å². The number of aromatic amines is 1. The number of nitrogens with zero attached hydrogens (tertiary/aromatic N) is 5. The second-order valence-electron chi connectivity index (χ2n) is 9.01. The molecule has 4 aromatic rings. The molecule has 0 aromatic carbocycles. The van der Waals surface area contributed by atoms with Crippen molar-refractivity contribution in [1.82, 2.24) is 29.9 Å². The molecule has 3 aliphatic carbocycles. The summed E-state index contributed by atoms with van der Waals surface area (Å²) in [5, 5.41) is 3.85. The number of anilines is 1. The van der Waals surface area contributed by atoms with Gasteiger partial charge in [-0.3, -0.25) is 4.79 Å². The normalized spacial score (nSPS) is 23.5. The molecule has 0 saturated heterocycles. The van der Waals surface area contributed by atoms with Gasteiger partial charge in [-0.2, -0.15) is 0 Å². The highest BCUT2D eigenvalue weighted by molar-refractivity contribution is 6.29. The summed E-state index contributed by atoms with van der Waals surface area (Å²) in [4.78, 5) is 38.5. The number of oxazole rings is 1. The van der Waals surface area contributed by atoms with Gasteiger partial charge in [-0.1, -0.05) is 11.6 Å². The summed E-state index contributed by atoms with van der Waals surface area (Å²) in [6.45, 7) is 2.21. The number of nitrogens with one attached hydrogen (secondary N) is 2. The lowest BCUT2D eigenvalue weighted by Gasteiger charge is -2.47. The zero-order chi connectivity index (χ0) is 23.9. The molecule has 4 aromatic heterocycles. The molecule has 180 valence electrons. The summed E-state index contributed by atoms with van der Waals surface area (Å²) in [6, 6.07) is 1.73. The minimum absolute atomic E-state index is 0.0704. The van der Waals surface area contributed by atoms with Crippen LogP contribution in [0.15, 0.2) is 35.3 Å². The van der Waals surface area contributed by atoms with Crippen LogP contribution in [0.1, 0.15) is 32.6 Å². The molecule has 3 fully saturated rings. The third-order valence-corrected chi connectivity index (χ3v) is 7.24. The Morgan fingerprint density at radius 3 is 2.80 bits per heavy atom. The molecule has 0 radical (unpaired) electrons. The van der Waals surface area contributed by atoms with Crippen LogP contribution in [0.2, 0.25) is 5.15 Å². The quantitative estimate of drug-likeness (QED) is 0.372. The van der Waals surface area contributed by atoms with E-state index in [1.807, 2.05) is 6.92 Å². The van der Waals surface area contributed by atoms with Crippen LogP contribution < -0.4 is 5.32 Å². The Balaban J connectivity index is 1.42. The minimum atomic E-state index is -0.205. The number of ether oxygens (including phenoxy) is 1. The van der Waals surface area contributed by atoms with Gasteiger partial charge in [-0.05, 0) is 44.4 Å². The van der Waals surface area contributed by atoms with Crippen LogP contribution in [0.25, 0.3) is 34.1 Å². The van der Waals surface area contributed by atoms with Gasteiger partial charge < -0.3 is 19.5 Å². The number of hydrogen-bond acceptors (Lipinski definition) is 9. The SMILES string of the molecule is CCOC(=O)[C@@H]1C2CCC(CC2)[C@H]1Nc1cc(-c2ncco2)nc(-c2c[nH]c3ncc(Cl)nc23)n1. The topological polar surface area (TPSA) is 132 Å². The number of hydrogen-bond donors (Lipinski definition) is 2. The van der Waals surface area contributed by atoms with Crippen molar-refractivity contribution in [3.63, 3.8) is 0 Å². The first kappa shape index (κ1) is 22.0. The second kappa shape index (κ2) is 8.92. The van der Waals surface area contributed by atoms with E-state index in [-0.39, 0.29) is 23.1 Å². The highest BCUT2D eigenvalue weighted by Crippen LogP contribution is 2.47. The lowest BCUT2D eigenvalue weighted by Crippen LogP contribution is -2.52. The number of halogens is 1. The maximum Gasteiger partial charge on any atom is 0.311 e. The average molecular weight is 494 g/mol. The second-order valence-corrected chi connectivity index (χ2v) is 9.40. The molecule has 4 heterocycles. The first-order valence-electron chi connectivity index (χ1n) is 11.8. The first-order chi connectivity index (χ1) is 17.1. The number of carbonyl (C=O) groups is 1. The number of aromatic nitrogens is 6. The summed E-state index contributed by atoms with van der Waals surface area (Å²) in [5.41, 5.74) is 2.31. The Morgan fingerprint density at radius 2 is 2.03 bits per heavy atom. The number of carbonyl (C=O) groups excluding carboxylic acids is 1. The molecule has 2 bridgehead atoms. The summed E-state index contributed by atoms with van der Waals surface area (Å²) in [5.74, 6) is 1.71. The maximum atomic E-state index is 12.9. The minimum Gasteiger partial charge on any atom is -0.466 e. The third kappa shape index (κ3) is 4.01. The van der Waals surface area contributed by atoms with Crippen molar-refractivity contribution in [1.29, 1.82) is 0 Å². The molecular weight excluding hydrogens is 470 g/mol. The molecule has 7 rings (SSSR count). The standard InChI is InChI=1S/C24H24ClN7O3/c1-2-34-24(33)18-12-3-5-13(6-4-12)19(18)31-17-9-15(23-26-7-8-35-23)29-21(32-17)14-10-27-22-20(14)30-16(25)11-28-22/h7-13,18-19H,2-6H2,1H3,(H,27,28)(H,29,31,32)/t12?,13?,18-,19-/m1/s1. The van der Waals surface area contributed by atoms with Crippen LogP contribution in [0.3, 0.4) is 0 Å². The zero-order valence-corrected chi connectivity index (χ0v) is 19.8. The van der Waals surface area contributed by atoms with Gasteiger partial charge in [0.1, 0.15) is 28.4 Å². The number of H-pyrrole nitrogens is 1. The van der Waals surface area contributed by atoms with Gasteiger partial charge in [0.05, 0.1) is 30.5 Å². The zero-order valence-electron chi connectivity index (χ0n) is 19.1. The molecule has 0 spiro atoms. The lowest BCUT2D eigenvalue weighted by atomic mass is 9.61. The Bertz CT molecular complexity index is 1360. The summed E-state index contributed by atoms with van der Waals surface area (Å²) in [6.07, 6.45) is 10.6. The van der Waals surface area contributed by atoms with Gasteiger partial charge in [0.15, 0.2) is 11.5 Å². The van der Waals surface area contributed by atoms with Crippen molar-refractivity contribution < 1.29 is 13.9 Å². The lowest BCUT2D eigenvalue weighted by molar-refractivity contribution is -0.154. The highest BCUT2D eigenvalue weighted by Gasteiger charge is 2.48. The van der Waals surface area contributed by atoms with Crippen LogP contribution in [0.5, 0.6) is 0 Å². The van der Waals surface area contributed by atoms with Crippen LogP contribution in [0, 0.1) is 17.8 Å². The summed E-state index contributed by atoms with van der Waals surface area (Å²) in [7, 11) is 0. The van der Waals surface area contributed by atoms with E-state index in [1.54, 1.807) is 18.5 Å². The smallest absolute Gasteiger partial charge is 0.311 e. The Labute approximate surface area is 205 Å². The molecule has 0 unspecified atom stereocenters. The van der Waals surface area contributed by atoms with Crippen LogP contribution in [-0.4, -0.2) is 48.5 Å². The molecule has 2 N–H and O–H groups in total. The molecule has 2 atom stereocenters. The Kier molecular flexibility index (Phi) is 5.60. The molecule has 3 saturated carbocycles. The number of fused-ring (bicyclic) bond motifs is 4. The molecule has 3 aliphatic rings. The fraction of sp³-hybridized carbons (Fsp3) is 0.417. The monoisotopic (exact) mass is 493 g/mol. The van der Waals surface area contributed by atoms with Gasteiger partial charge in [0, 0.05) is 18.3 Å². The van der Waals surface area contributed by atoms with Gasteiger partial charge in [-0.15, -0.1) is 0 Å². The predicted molar refractivity (Wildman–Crippen MR) is 128 cm³/mol. The van der Waals surface area contributed by atoms with Crippen LogP contribution in [0.4, 0.5) is 5.82 Å².